The van der Waals surface area contributed by atoms with Gasteiger partial charge in [-0.3, -0.25) is 0 Å². The number of unbranched alkanes of at least 4 members (excludes halogenated alkanes) is 1. The number of hydrogen-bond acceptors (Lipinski definition) is 2. The molecule has 2 heteroatoms. The third kappa shape index (κ3) is 5.09. The molecule has 0 N–H and O–H groups in total. The van der Waals surface area contributed by atoms with Crippen LogP contribution in [0.2, 0.25) is 0 Å². The van der Waals surface area contributed by atoms with E-state index in [-0.39, 0.29) is 0 Å². The molecule has 1 aromatic carbocycles. The second kappa shape index (κ2) is 10.7. The van der Waals surface area contributed by atoms with Crippen molar-refractivity contribution in [1.82, 2.24) is 0 Å². The molecule has 3 rings (SSSR count). The smallest absolute Gasteiger partial charge is 0.0740 e. The fraction of sp³-hybridized carbons (Fsp3) is 0.500. The van der Waals surface area contributed by atoms with Gasteiger partial charge < -0.3 is 0 Å². The van der Waals surface area contributed by atoms with Crippen molar-refractivity contribution in [2.75, 3.05) is 0 Å². The molecule has 0 saturated heterocycles. The molecule has 0 amide bonds. The maximum absolute atomic E-state index is 4.81. The number of hydrogen-bond donors (Lipinski definition) is 0. The molecule has 0 aromatic heterocycles. The highest BCUT2D eigenvalue weighted by molar-refractivity contribution is 6.12. The highest BCUT2D eigenvalue weighted by Gasteiger charge is 2.37. The van der Waals surface area contributed by atoms with Crippen LogP contribution in [-0.2, 0) is 6.42 Å². The van der Waals surface area contributed by atoms with Crippen molar-refractivity contribution in [2.45, 2.75) is 65.7 Å². The summed E-state index contributed by atoms with van der Waals surface area (Å²) in [7, 11) is 0. The Labute approximate surface area is 183 Å². The molecular formula is C28H38N2. The van der Waals surface area contributed by atoms with E-state index in [4.69, 9.17) is 10.2 Å². The van der Waals surface area contributed by atoms with Gasteiger partial charge in [0.2, 0.25) is 0 Å². The van der Waals surface area contributed by atoms with Crippen molar-refractivity contribution in [1.29, 1.82) is 0 Å². The highest BCUT2D eigenvalue weighted by atomic mass is 15.2. The summed E-state index contributed by atoms with van der Waals surface area (Å²) < 4.78 is 0. The number of aryl methyl sites for hydroxylation is 1. The van der Waals surface area contributed by atoms with Crippen molar-refractivity contribution in [2.24, 2.45) is 33.9 Å². The maximum Gasteiger partial charge on any atom is 0.0740 e. The molecule has 4 unspecified atom stereocenters. The molecule has 0 radical (unpaired) electrons. The summed E-state index contributed by atoms with van der Waals surface area (Å²) in [5.74, 6) is 2.33. The first-order valence-electron chi connectivity index (χ1n) is 11.8. The van der Waals surface area contributed by atoms with Gasteiger partial charge in [0.05, 0.1) is 11.4 Å². The zero-order chi connectivity index (χ0) is 21.5. The van der Waals surface area contributed by atoms with Crippen LogP contribution in [0.1, 0.15) is 70.4 Å². The van der Waals surface area contributed by atoms with Crippen molar-refractivity contribution >= 4 is 11.4 Å². The average molecular weight is 403 g/mol. The quantitative estimate of drug-likeness (QED) is 0.420. The van der Waals surface area contributed by atoms with E-state index in [9.17, 15) is 0 Å². The Morgan fingerprint density at radius 1 is 0.967 bits per heavy atom. The first-order chi connectivity index (χ1) is 14.6. The van der Waals surface area contributed by atoms with Gasteiger partial charge in [0.25, 0.3) is 0 Å². The fourth-order valence-corrected chi connectivity index (χ4v) is 4.92. The van der Waals surface area contributed by atoms with Crippen molar-refractivity contribution in [3.8, 4) is 0 Å². The van der Waals surface area contributed by atoms with E-state index < -0.39 is 0 Å². The van der Waals surface area contributed by atoms with Gasteiger partial charge in [0.1, 0.15) is 0 Å². The lowest BCUT2D eigenvalue weighted by Gasteiger charge is -2.37. The molecule has 1 fully saturated rings. The van der Waals surface area contributed by atoms with E-state index in [0.717, 1.165) is 36.0 Å². The van der Waals surface area contributed by atoms with Crippen LogP contribution in [0.25, 0.3) is 0 Å². The Morgan fingerprint density at radius 2 is 1.63 bits per heavy atom. The lowest BCUT2D eigenvalue weighted by Crippen LogP contribution is -2.36. The monoisotopic (exact) mass is 402 g/mol. The molecular weight excluding hydrogens is 364 g/mol. The molecule has 1 saturated carbocycles. The molecule has 0 bridgehead atoms. The SMILES string of the molecule is C=C/C=C(\C=C)C1=NN=C(c2ccc(CCCC)cc2)C2CCC(C)C(C)CCC12. The van der Waals surface area contributed by atoms with Gasteiger partial charge in [-0.05, 0) is 67.1 Å². The van der Waals surface area contributed by atoms with E-state index >= 15 is 0 Å². The van der Waals surface area contributed by atoms with Gasteiger partial charge in [0.15, 0.2) is 0 Å². The largest absolute Gasteiger partial charge is 0.154 e. The molecule has 0 spiro atoms. The molecule has 160 valence electrons. The number of nitrogens with zero attached hydrogens (tertiary/aromatic N) is 2. The van der Waals surface area contributed by atoms with Crippen LogP contribution in [0.4, 0.5) is 0 Å². The lowest BCUT2D eigenvalue weighted by molar-refractivity contribution is 0.262. The van der Waals surface area contributed by atoms with Gasteiger partial charge in [-0.2, -0.15) is 10.2 Å². The van der Waals surface area contributed by atoms with E-state index in [0.29, 0.717) is 11.8 Å². The summed E-state index contributed by atoms with van der Waals surface area (Å²) in [5, 5.41) is 9.57. The second-order valence-corrected chi connectivity index (χ2v) is 9.16. The van der Waals surface area contributed by atoms with Crippen molar-refractivity contribution < 1.29 is 0 Å². The first kappa shape index (κ1) is 22.5. The molecule has 1 heterocycles. The summed E-state index contributed by atoms with van der Waals surface area (Å²) in [6, 6.07) is 9.09. The first-order valence-corrected chi connectivity index (χ1v) is 11.8. The van der Waals surface area contributed by atoms with Crippen LogP contribution >= 0.6 is 0 Å². The van der Waals surface area contributed by atoms with Crippen LogP contribution in [-0.4, -0.2) is 11.4 Å². The predicted molar refractivity (Wildman–Crippen MR) is 131 cm³/mol. The van der Waals surface area contributed by atoms with Crippen LogP contribution in [0.5, 0.6) is 0 Å². The van der Waals surface area contributed by atoms with Gasteiger partial charge in [-0.25, -0.2) is 0 Å². The number of allylic oxidation sites excluding steroid dienone is 4. The zero-order valence-electron chi connectivity index (χ0n) is 19.1. The summed E-state index contributed by atoms with van der Waals surface area (Å²) >= 11 is 0. The number of fused-ring (bicyclic) bond motifs is 1. The van der Waals surface area contributed by atoms with Crippen molar-refractivity contribution in [3.05, 3.63) is 72.4 Å². The van der Waals surface area contributed by atoms with Gasteiger partial charge >= 0.3 is 0 Å². The van der Waals surface area contributed by atoms with E-state index in [1.54, 1.807) is 0 Å². The van der Waals surface area contributed by atoms with E-state index in [1.165, 1.54) is 48.9 Å². The molecule has 2 nitrogen and oxygen atoms in total. The van der Waals surface area contributed by atoms with E-state index in [1.807, 2.05) is 18.2 Å². The third-order valence-electron chi connectivity index (χ3n) is 7.17. The molecule has 1 aromatic rings. The highest BCUT2D eigenvalue weighted by Crippen LogP contribution is 2.39. The van der Waals surface area contributed by atoms with Gasteiger partial charge in [-0.1, -0.05) is 82.8 Å². The second-order valence-electron chi connectivity index (χ2n) is 9.16. The Bertz CT molecular complexity index is 825. The normalized spacial score (nSPS) is 27.2. The summed E-state index contributed by atoms with van der Waals surface area (Å²) in [6.07, 6.45) is 14.2. The molecule has 1 aliphatic carbocycles. The Kier molecular flexibility index (Phi) is 8.01. The summed E-state index contributed by atoms with van der Waals surface area (Å²) in [6.45, 7) is 15.0. The van der Waals surface area contributed by atoms with Crippen LogP contribution < -0.4 is 0 Å². The molecule has 1 aliphatic heterocycles. The van der Waals surface area contributed by atoms with Crippen molar-refractivity contribution in [3.63, 3.8) is 0 Å². The minimum Gasteiger partial charge on any atom is -0.154 e. The Morgan fingerprint density at radius 3 is 2.23 bits per heavy atom. The topological polar surface area (TPSA) is 24.7 Å². The standard InChI is InChI=1S/C28H38N2/c1-6-9-11-22-14-16-24(17-15-22)28-26-19-13-21(5)20(4)12-18-25(26)27(29-30-28)23(8-3)10-7-2/h7-8,10,14-17,20-21,25-26H,2-3,6,9,11-13,18-19H2,1,4-5H3/b23-10+. The average Bonchev–Trinajstić information content (AvgIpc) is 2.77. The zero-order valence-corrected chi connectivity index (χ0v) is 19.1. The van der Waals surface area contributed by atoms with Gasteiger partial charge in [-0.15, -0.1) is 0 Å². The molecule has 30 heavy (non-hydrogen) atoms. The lowest BCUT2D eigenvalue weighted by atomic mass is 9.69. The maximum atomic E-state index is 4.81. The number of benzene rings is 1. The molecule has 2 aliphatic rings. The Balaban J connectivity index is 1.98. The third-order valence-corrected chi connectivity index (χ3v) is 7.17. The number of rotatable bonds is 7. The summed E-state index contributed by atoms with van der Waals surface area (Å²) in [5.41, 5.74) is 6.00. The fourth-order valence-electron chi connectivity index (χ4n) is 4.92. The Hall–Kier alpha value is -2.22. The van der Waals surface area contributed by atoms with Gasteiger partial charge in [0, 0.05) is 11.8 Å². The predicted octanol–water partition coefficient (Wildman–Crippen LogP) is 7.56. The van der Waals surface area contributed by atoms with Crippen LogP contribution in [0.3, 0.4) is 0 Å². The minimum atomic E-state index is 0.399. The summed E-state index contributed by atoms with van der Waals surface area (Å²) in [4.78, 5) is 0. The molecule has 4 atom stereocenters. The van der Waals surface area contributed by atoms with Crippen LogP contribution in [0, 0.1) is 23.7 Å². The van der Waals surface area contributed by atoms with E-state index in [2.05, 4.69) is 58.2 Å². The minimum absolute atomic E-state index is 0.399. The van der Waals surface area contributed by atoms with Crippen LogP contribution in [0.15, 0.2) is 71.4 Å².